The second-order valence-corrected chi connectivity index (χ2v) is 9.77. The Balaban J connectivity index is 2.12. The maximum Gasteiger partial charge on any atom is 0.416 e. The van der Waals surface area contributed by atoms with E-state index in [0.29, 0.717) is 12.1 Å². The largest absolute Gasteiger partial charge is 0.477 e. The topological polar surface area (TPSA) is 213 Å². The molecule has 6 atom stereocenters. The Hall–Kier alpha value is -3.41. The maximum absolute atomic E-state index is 13.7. The number of aliphatic carboxylic acids is 1. The van der Waals surface area contributed by atoms with Gasteiger partial charge in [0.1, 0.15) is 31.2 Å². The van der Waals surface area contributed by atoms with E-state index in [9.17, 15) is 52.4 Å². The number of carbonyl (C=O) groups excluding carboxylic acids is 2. The molecule has 0 bridgehead atoms. The van der Waals surface area contributed by atoms with E-state index in [1.807, 2.05) is 0 Å². The van der Waals surface area contributed by atoms with Crippen molar-refractivity contribution in [2.24, 2.45) is 0 Å². The number of carbonyl (C=O) groups is 3. The standard InChI is InChI=1S/C27H34F4N2O12/c1-2-3-42-4-5-43-6-7-44-26(25(40)41)12-18(35)22(33-21(38)14-34)24(45-26)23(39)19(36)13-32-20(37)10-15-8-16(27(29,30)31)11-17(28)9-15/h1,8-9,11,18-19,22-24,34-36,39H,3-7,10,12-14H2,(H,32,37)(H,33,38)(H,40,41)/t18-,19+,22+,23+,24+,26+/m0/s1. The zero-order valence-corrected chi connectivity index (χ0v) is 23.7. The summed E-state index contributed by atoms with van der Waals surface area (Å²) >= 11 is 0. The smallest absolute Gasteiger partial charge is 0.416 e. The number of hydrogen-bond acceptors (Lipinski definition) is 11. The van der Waals surface area contributed by atoms with E-state index in [1.165, 1.54) is 0 Å². The highest BCUT2D eigenvalue weighted by Gasteiger charge is 2.55. The van der Waals surface area contributed by atoms with Crippen molar-refractivity contribution in [3.8, 4) is 12.3 Å². The number of hydrogen-bond donors (Lipinski definition) is 7. The first-order valence-corrected chi connectivity index (χ1v) is 13.4. The molecule has 0 aromatic heterocycles. The van der Waals surface area contributed by atoms with Crippen LogP contribution in [0.15, 0.2) is 18.2 Å². The molecule has 0 radical (unpaired) electrons. The van der Waals surface area contributed by atoms with Crippen LogP contribution in [0.1, 0.15) is 17.5 Å². The third-order valence-electron chi connectivity index (χ3n) is 6.38. The monoisotopic (exact) mass is 654 g/mol. The van der Waals surface area contributed by atoms with Gasteiger partial charge in [-0.25, -0.2) is 9.18 Å². The summed E-state index contributed by atoms with van der Waals surface area (Å²) in [6.07, 6.45) is -9.16. The summed E-state index contributed by atoms with van der Waals surface area (Å²) in [6.45, 7) is -2.16. The lowest BCUT2D eigenvalue weighted by Crippen LogP contribution is -2.68. The zero-order chi connectivity index (χ0) is 33.8. The van der Waals surface area contributed by atoms with Crippen LogP contribution in [0.3, 0.4) is 0 Å². The number of terminal acetylenes is 1. The fourth-order valence-electron chi connectivity index (χ4n) is 4.29. The van der Waals surface area contributed by atoms with Crippen molar-refractivity contribution in [2.75, 3.05) is 46.2 Å². The molecule has 7 N–H and O–H groups in total. The number of carboxylic acid groups (broad SMARTS) is 1. The first-order valence-electron chi connectivity index (χ1n) is 13.4. The number of aliphatic hydroxyl groups excluding tert-OH is 4. The highest BCUT2D eigenvalue weighted by molar-refractivity contribution is 5.79. The highest BCUT2D eigenvalue weighted by atomic mass is 19.4. The van der Waals surface area contributed by atoms with Crippen LogP contribution in [0.4, 0.5) is 17.6 Å². The first kappa shape index (κ1) is 37.8. The third-order valence-corrected chi connectivity index (χ3v) is 6.38. The minimum atomic E-state index is -4.88. The minimum Gasteiger partial charge on any atom is -0.477 e. The highest BCUT2D eigenvalue weighted by Crippen LogP contribution is 2.34. The summed E-state index contributed by atoms with van der Waals surface area (Å²) in [5, 5.41) is 55.5. The summed E-state index contributed by atoms with van der Waals surface area (Å²) in [4.78, 5) is 36.4. The van der Waals surface area contributed by atoms with Crippen molar-refractivity contribution >= 4 is 17.8 Å². The van der Waals surface area contributed by atoms with Gasteiger partial charge in [0.15, 0.2) is 0 Å². The predicted molar refractivity (Wildman–Crippen MR) is 141 cm³/mol. The van der Waals surface area contributed by atoms with Crippen molar-refractivity contribution in [1.82, 2.24) is 10.6 Å². The fraction of sp³-hybridized carbons (Fsp3) is 0.593. The van der Waals surface area contributed by atoms with E-state index in [4.69, 9.17) is 30.5 Å². The number of rotatable bonds is 17. The number of carboxylic acids is 1. The molecule has 0 aliphatic carbocycles. The molecule has 1 aliphatic rings. The molecular formula is C27H34F4N2O12. The van der Waals surface area contributed by atoms with Gasteiger partial charge in [-0.1, -0.05) is 5.92 Å². The Morgan fingerprint density at radius 1 is 1.11 bits per heavy atom. The summed E-state index contributed by atoms with van der Waals surface area (Å²) < 4.78 is 73.7. The minimum absolute atomic E-state index is 0.0523. The molecule has 1 heterocycles. The van der Waals surface area contributed by atoms with Crippen LogP contribution < -0.4 is 10.6 Å². The second kappa shape index (κ2) is 17.3. The van der Waals surface area contributed by atoms with Crippen LogP contribution >= 0.6 is 0 Å². The zero-order valence-electron chi connectivity index (χ0n) is 23.7. The number of nitrogens with one attached hydrogen (secondary N) is 2. The number of ether oxygens (including phenoxy) is 4. The van der Waals surface area contributed by atoms with Crippen LogP contribution in [-0.4, -0.2) is 126 Å². The van der Waals surface area contributed by atoms with Crippen LogP contribution in [-0.2, 0) is 45.9 Å². The summed E-state index contributed by atoms with van der Waals surface area (Å²) in [5.74, 6) is -5.40. The normalized spacial score (nSPS) is 23.0. The summed E-state index contributed by atoms with van der Waals surface area (Å²) in [6, 6.07) is -0.0880. The van der Waals surface area contributed by atoms with E-state index < -0.39 is 104 Å². The molecule has 0 unspecified atom stereocenters. The molecular weight excluding hydrogens is 620 g/mol. The molecule has 18 heteroatoms. The second-order valence-electron chi connectivity index (χ2n) is 9.77. The quantitative estimate of drug-likeness (QED) is 0.0570. The molecule has 1 aliphatic heterocycles. The van der Waals surface area contributed by atoms with Crippen LogP contribution in [0.5, 0.6) is 0 Å². The molecule has 2 rings (SSSR count). The van der Waals surface area contributed by atoms with Gasteiger partial charge >= 0.3 is 12.1 Å². The van der Waals surface area contributed by atoms with Gasteiger partial charge in [-0.15, -0.1) is 6.42 Å². The molecule has 252 valence electrons. The van der Waals surface area contributed by atoms with Gasteiger partial charge in [-0.3, -0.25) is 9.59 Å². The molecule has 1 aromatic carbocycles. The Morgan fingerprint density at radius 2 is 1.78 bits per heavy atom. The Morgan fingerprint density at radius 3 is 2.40 bits per heavy atom. The SMILES string of the molecule is C#CCOCCOCCO[C@]1(C(=O)O)C[C@H](O)[C@@H](NC(=O)CO)[C@H]([C@H](O)[C@H](O)CNC(=O)Cc2cc(F)cc(C(F)(F)F)c2)O1. The van der Waals surface area contributed by atoms with Gasteiger partial charge in [0, 0.05) is 13.0 Å². The predicted octanol–water partition coefficient (Wildman–Crippen LogP) is -1.68. The van der Waals surface area contributed by atoms with Crippen molar-refractivity contribution < 1.29 is 76.4 Å². The van der Waals surface area contributed by atoms with Gasteiger partial charge < -0.3 is 55.1 Å². The molecule has 14 nitrogen and oxygen atoms in total. The van der Waals surface area contributed by atoms with Crippen LogP contribution in [0, 0.1) is 18.2 Å². The third kappa shape index (κ3) is 11.5. The van der Waals surface area contributed by atoms with E-state index in [1.54, 1.807) is 0 Å². The lowest BCUT2D eigenvalue weighted by Gasteiger charge is -2.46. The number of aliphatic hydroxyl groups is 4. The van der Waals surface area contributed by atoms with E-state index in [0.717, 1.165) is 0 Å². The average Bonchev–Trinajstić information content (AvgIpc) is 2.97. The summed E-state index contributed by atoms with van der Waals surface area (Å²) in [5.41, 5.74) is -1.66. The molecule has 1 fully saturated rings. The number of benzene rings is 1. The van der Waals surface area contributed by atoms with Gasteiger partial charge in [0.2, 0.25) is 11.8 Å². The Labute approximate surface area is 254 Å². The Kier molecular flexibility index (Phi) is 14.5. The van der Waals surface area contributed by atoms with Crippen molar-refractivity contribution in [3.05, 3.63) is 35.1 Å². The van der Waals surface area contributed by atoms with Crippen molar-refractivity contribution in [3.63, 3.8) is 0 Å². The molecule has 1 saturated heterocycles. The number of halogens is 4. The van der Waals surface area contributed by atoms with Gasteiger partial charge in [0.05, 0.1) is 56.7 Å². The van der Waals surface area contributed by atoms with E-state index in [-0.39, 0.29) is 38.1 Å². The molecule has 1 aromatic rings. The Bertz CT molecular complexity index is 1200. The molecule has 0 saturated carbocycles. The number of alkyl halides is 3. The van der Waals surface area contributed by atoms with E-state index in [2.05, 4.69) is 16.6 Å². The maximum atomic E-state index is 13.7. The summed E-state index contributed by atoms with van der Waals surface area (Å²) in [7, 11) is 0. The van der Waals surface area contributed by atoms with Gasteiger partial charge in [0.25, 0.3) is 5.79 Å². The lowest BCUT2D eigenvalue weighted by molar-refractivity contribution is -0.312. The number of amides is 2. The molecule has 0 spiro atoms. The van der Waals surface area contributed by atoms with Gasteiger partial charge in [-0.05, 0) is 23.8 Å². The van der Waals surface area contributed by atoms with Gasteiger partial charge in [-0.2, -0.15) is 13.2 Å². The molecule has 2 amide bonds. The molecule has 45 heavy (non-hydrogen) atoms. The average molecular weight is 655 g/mol. The first-order chi connectivity index (χ1) is 21.1. The fourth-order valence-corrected chi connectivity index (χ4v) is 4.29. The lowest BCUT2D eigenvalue weighted by atomic mass is 9.88. The van der Waals surface area contributed by atoms with E-state index >= 15 is 0 Å². The van der Waals surface area contributed by atoms with Crippen LogP contribution in [0.2, 0.25) is 0 Å². The van der Waals surface area contributed by atoms with Crippen molar-refractivity contribution in [1.29, 1.82) is 0 Å². The van der Waals surface area contributed by atoms with Crippen LogP contribution in [0.25, 0.3) is 0 Å². The van der Waals surface area contributed by atoms with Crippen molar-refractivity contribution in [2.45, 2.75) is 55.3 Å².